The summed E-state index contributed by atoms with van der Waals surface area (Å²) in [5.74, 6) is -1.17. The second-order valence-corrected chi connectivity index (χ2v) is 6.16. The van der Waals surface area contributed by atoms with E-state index in [1.165, 1.54) is 0 Å². The first kappa shape index (κ1) is 17.3. The Bertz CT molecular complexity index is 592. The van der Waals surface area contributed by atoms with Crippen LogP contribution >= 0.6 is 11.8 Å². The van der Waals surface area contributed by atoms with Gasteiger partial charge in [-0.05, 0) is 37.3 Å². The number of rotatable bonds is 6. The highest BCUT2D eigenvalue weighted by Gasteiger charge is 2.19. The second kappa shape index (κ2) is 8.57. The maximum atomic E-state index is 11.8. The van der Waals surface area contributed by atoms with E-state index >= 15 is 0 Å². The number of benzene rings is 1. The summed E-state index contributed by atoms with van der Waals surface area (Å²) in [6, 6.07) is 7.31. The van der Waals surface area contributed by atoms with Crippen LogP contribution in [-0.4, -0.2) is 48.5 Å². The lowest BCUT2D eigenvalue weighted by molar-refractivity contribution is -0.136. The molecule has 0 atom stereocenters. The van der Waals surface area contributed by atoms with Crippen LogP contribution in [0.4, 0.5) is 5.69 Å². The van der Waals surface area contributed by atoms with Crippen LogP contribution in [0.3, 0.4) is 0 Å². The molecule has 1 aromatic carbocycles. The minimum atomic E-state index is -0.680. The number of carbonyl (C=O) groups is 3. The molecule has 0 saturated carbocycles. The van der Waals surface area contributed by atoms with E-state index in [0.717, 1.165) is 17.9 Å². The number of amides is 3. The fourth-order valence-electron chi connectivity index (χ4n) is 2.38. The number of carbonyl (C=O) groups excluding carboxylic acids is 3. The number of nitrogens with zero attached hydrogens (tertiary/aromatic N) is 1. The molecule has 0 radical (unpaired) electrons. The van der Waals surface area contributed by atoms with Crippen LogP contribution in [-0.2, 0) is 14.4 Å². The molecule has 6 nitrogen and oxygen atoms in total. The van der Waals surface area contributed by atoms with Gasteiger partial charge in [0.05, 0.1) is 0 Å². The highest BCUT2D eigenvalue weighted by atomic mass is 32.2. The minimum absolute atomic E-state index is 0.169. The van der Waals surface area contributed by atoms with Crippen LogP contribution in [0.15, 0.2) is 29.2 Å². The van der Waals surface area contributed by atoms with Gasteiger partial charge >= 0.3 is 11.8 Å². The summed E-state index contributed by atoms with van der Waals surface area (Å²) in [5.41, 5.74) is 0.597. The summed E-state index contributed by atoms with van der Waals surface area (Å²) in [7, 11) is 0. The SMILES string of the molecule is CSc1cccc(NC(=O)C(=O)NCCCN2CCCC2=O)c1. The molecule has 1 aliphatic heterocycles. The summed E-state index contributed by atoms with van der Waals surface area (Å²) < 4.78 is 0. The first-order chi connectivity index (χ1) is 11.1. The molecule has 7 heteroatoms. The predicted octanol–water partition coefficient (Wildman–Crippen LogP) is 1.48. The molecule has 124 valence electrons. The van der Waals surface area contributed by atoms with Gasteiger partial charge in [-0.25, -0.2) is 0 Å². The van der Waals surface area contributed by atoms with Gasteiger partial charge in [0.2, 0.25) is 5.91 Å². The summed E-state index contributed by atoms with van der Waals surface area (Å²) in [6.07, 6.45) is 4.11. The average Bonchev–Trinajstić information content (AvgIpc) is 2.96. The maximum absolute atomic E-state index is 11.8. The van der Waals surface area contributed by atoms with Crippen LogP contribution < -0.4 is 10.6 Å². The normalized spacial score (nSPS) is 14.0. The molecule has 1 aliphatic rings. The van der Waals surface area contributed by atoms with Crippen molar-refractivity contribution in [2.45, 2.75) is 24.2 Å². The van der Waals surface area contributed by atoms with Gasteiger partial charge in [0.25, 0.3) is 0 Å². The molecule has 23 heavy (non-hydrogen) atoms. The summed E-state index contributed by atoms with van der Waals surface area (Å²) in [4.78, 5) is 37.8. The molecule has 2 rings (SSSR count). The van der Waals surface area contributed by atoms with Crippen molar-refractivity contribution >= 4 is 35.2 Å². The largest absolute Gasteiger partial charge is 0.348 e. The fourth-order valence-corrected chi connectivity index (χ4v) is 2.84. The zero-order chi connectivity index (χ0) is 16.7. The molecule has 0 bridgehead atoms. The van der Waals surface area contributed by atoms with Gasteiger partial charge in [-0.15, -0.1) is 11.8 Å². The zero-order valence-electron chi connectivity index (χ0n) is 13.1. The van der Waals surface area contributed by atoms with Crippen molar-refractivity contribution < 1.29 is 14.4 Å². The Morgan fingerprint density at radius 1 is 1.30 bits per heavy atom. The first-order valence-corrected chi connectivity index (χ1v) is 8.83. The van der Waals surface area contributed by atoms with Gasteiger partial charge in [-0.2, -0.15) is 0 Å². The lowest BCUT2D eigenvalue weighted by atomic mass is 10.3. The zero-order valence-corrected chi connectivity index (χ0v) is 13.9. The van der Waals surface area contributed by atoms with Gasteiger partial charge in [0.15, 0.2) is 0 Å². The number of nitrogens with one attached hydrogen (secondary N) is 2. The van der Waals surface area contributed by atoms with E-state index in [0.29, 0.717) is 31.6 Å². The third-order valence-corrected chi connectivity index (χ3v) is 4.32. The Balaban J connectivity index is 1.70. The van der Waals surface area contributed by atoms with E-state index in [4.69, 9.17) is 0 Å². The van der Waals surface area contributed by atoms with Crippen LogP contribution in [0.2, 0.25) is 0 Å². The van der Waals surface area contributed by atoms with E-state index in [1.54, 1.807) is 22.7 Å². The molecule has 1 aromatic rings. The molecular formula is C16H21N3O3S. The van der Waals surface area contributed by atoms with Crippen molar-refractivity contribution in [1.82, 2.24) is 10.2 Å². The van der Waals surface area contributed by atoms with Crippen molar-refractivity contribution in [3.8, 4) is 0 Å². The molecule has 3 amide bonds. The van der Waals surface area contributed by atoms with Gasteiger partial charge in [-0.1, -0.05) is 6.07 Å². The standard InChI is InChI=1S/C16H21N3O3S/c1-23-13-6-2-5-12(11-13)18-16(22)15(21)17-8-4-10-19-9-3-7-14(19)20/h2,5-6,11H,3-4,7-10H2,1H3,(H,17,21)(H,18,22). The Kier molecular flexibility index (Phi) is 6.46. The van der Waals surface area contributed by atoms with E-state index in [-0.39, 0.29) is 5.91 Å². The minimum Gasteiger partial charge on any atom is -0.348 e. The van der Waals surface area contributed by atoms with Crippen LogP contribution in [0, 0.1) is 0 Å². The Hall–Kier alpha value is -2.02. The van der Waals surface area contributed by atoms with E-state index in [9.17, 15) is 14.4 Å². The van der Waals surface area contributed by atoms with Crippen LogP contribution in [0.1, 0.15) is 19.3 Å². The van der Waals surface area contributed by atoms with Crippen molar-refractivity contribution in [3.63, 3.8) is 0 Å². The van der Waals surface area contributed by atoms with E-state index in [2.05, 4.69) is 10.6 Å². The summed E-state index contributed by atoms with van der Waals surface area (Å²) in [5, 5.41) is 5.15. The van der Waals surface area contributed by atoms with Gasteiger partial charge in [-0.3, -0.25) is 14.4 Å². The molecule has 0 spiro atoms. The third-order valence-electron chi connectivity index (χ3n) is 3.60. The van der Waals surface area contributed by atoms with Crippen LogP contribution in [0.5, 0.6) is 0 Å². The monoisotopic (exact) mass is 335 g/mol. The number of thioether (sulfide) groups is 1. The Morgan fingerprint density at radius 2 is 2.13 bits per heavy atom. The van der Waals surface area contributed by atoms with E-state index in [1.807, 2.05) is 24.5 Å². The molecule has 1 saturated heterocycles. The fraction of sp³-hybridized carbons (Fsp3) is 0.438. The Labute approximate surface area is 140 Å². The van der Waals surface area contributed by atoms with Crippen molar-refractivity contribution in [3.05, 3.63) is 24.3 Å². The quantitative estimate of drug-likeness (QED) is 0.469. The number of likely N-dealkylation sites (tertiary alicyclic amines) is 1. The third kappa shape index (κ3) is 5.28. The number of hydrogen-bond acceptors (Lipinski definition) is 4. The lowest BCUT2D eigenvalue weighted by Crippen LogP contribution is -2.37. The molecule has 0 aliphatic carbocycles. The molecule has 0 unspecified atom stereocenters. The first-order valence-electron chi connectivity index (χ1n) is 7.61. The molecule has 1 heterocycles. The van der Waals surface area contributed by atoms with Crippen molar-refractivity contribution in [2.24, 2.45) is 0 Å². The van der Waals surface area contributed by atoms with Gasteiger partial charge < -0.3 is 15.5 Å². The van der Waals surface area contributed by atoms with Gasteiger partial charge in [0.1, 0.15) is 0 Å². The molecular weight excluding hydrogens is 314 g/mol. The summed E-state index contributed by atoms with van der Waals surface area (Å²) in [6.45, 7) is 1.79. The topological polar surface area (TPSA) is 78.5 Å². The second-order valence-electron chi connectivity index (χ2n) is 5.28. The smallest absolute Gasteiger partial charge is 0.313 e. The summed E-state index contributed by atoms with van der Waals surface area (Å²) >= 11 is 1.56. The molecule has 2 N–H and O–H groups in total. The lowest BCUT2D eigenvalue weighted by Gasteiger charge is -2.15. The number of anilines is 1. The predicted molar refractivity (Wildman–Crippen MR) is 90.3 cm³/mol. The van der Waals surface area contributed by atoms with Gasteiger partial charge in [0, 0.05) is 36.6 Å². The Morgan fingerprint density at radius 3 is 2.83 bits per heavy atom. The van der Waals surface area contributed by atoms with Crippen molar-refractivity contribution in [2.75, 3.05) is 31.2 Å². The molecule has 0 aromatic heterocycles. The molecule has 1 fully saturated rings. The van der Waals surface area contributed by atoms with Crippen LogP contribution in [0.25, 0.3) is 0 Å². The average molecular weight is 335 g/mol. The highest BCUT2D eigenvalue weighted by Crippen LogP contribution is 2.18. The van der Waals surface area contributed by atoms with Crippen molar-refractivity contribution in [1.29, 1.82) is 0 Å². The number of hydrogen-bond donors (Lipinski definition) is 2. The maximum Gasteiger partial charge on any atom is 0.313 e. The highest BCUT2D eigenvalue weighted by molar-refractivity contribution is 7.98. The van der Waals surface area contributed by atoms with E-state index < -0.39 is 11.8 Å².